The molecule has 158 valence electrons. The monoisotopic (exact) mass is 411 g/mol. The first kappa shape index (κ1) is 19.5. The third kappa shape index (κ3) is 3.70. The second-order valence-electron chi connectivity index (χ2n) is 8.22. The summed E-state index contributed by atoms with van der Waals surface area (Å²) in [6, 6.07) is 18.8. The Morgan fingerprint density at radius 3 is 2.37 bits per heavy atom. The average Bonchev–Trinajstić information content (AvgIpc) is 3.21. The van der Waals surface area contributed by atoms with E-state index in [0.717, 1.165) is 5.56 Å². The lowest BCUT2D eigenvalue weighted by Crippen LogP contribution is -2.71. The molecule has 0 bridgehead atoms. The van der Waals surface area contributed by atoms with Crippen molar-refractivity contribution in [1.29, 1.82) is 0 Å². The molecule has 2 aromatic rings. The van der Waals surface area contributed by atoms with E-state index in [1.54, 1.807) is 0 Å². The molecule has 7 nitrogen and oxygen atoms in total. The second kappa shape index (κ2) is 7.67. The summed E-state index contributed by atoms with van der Waals surface area (Å²) in [5, 5.41) is 2.91. The van der Waals surface area contributed by atoms with Crippen LogP contribution in [0.2, 0.25) is 0 Å². The standard InChI is InChI=1S/C23H25NO6/c1-23(2)29-20-19(26-13-14-9-5-3-6-10-14)17(28-22(20)30-23)16-18(21(25)24-16)27-15-11-7-4-8-12-15/h3-12,16-20,22H,13H2,1-2H3,(H,24,25)/t16-,17+,18+,19+,20+,22-/m0/s1. The molecule has 3 saturated heterocycles. The third-order valence-corrected chi connectivity index (χ3v) is 5.57. The van der Waals surface area contributed by atoms with Gasteiger partial charge in [0, 0.05) is 0 Å². The lowest BCUT2D eigenvalue weighted by Gasteiger charge is -2.41. The van der Waals surface area contributed by atoms with Gasteiger partial charge in [-0.3, -0.25) is 4.79 Å². The van der Waals surface area contributed by atoms with E-state index in [0.29, 0.717) is 12.4 Å². The van der Waals surface area contributed by atoms with Crippen LogP contribution in [0.4, 0.5) is 0 Å². The van der Waals surface area contributed by atoms with Gasteiger partial charge in [-0.1, -0.05) is 48.5 Å². The van der Waals surface area contributed by atoms with Crippen molar-refractivity contribution in [3.8, 4) is 5.75 Å². The first-order valence-electron chi connectivity index (χ1n) is 10.2. The summed E-state index contributed by atoms with van der Waals surface area (Å²) in [6.45, 7) is 4.11. The zero-order valence-corrected chi connectivity index (χ0v) is 16.9. The molecule has 3 heterocycles. The molecule has 5 rings (SSSR count). The maximum atomic E-state index is 12.2. The van der Waals surface area contributed by atoms with Gasteiger partial charge in [0.1, 0.15) is 30.1 Å². The van der Waals surface area contributed by atoms with Crippen LogP contribution in [0.15, 0.2) is 60.7 Å². The number of fused-ring (bicyclic) bond motifs is 1. The molecule has 3 aliphatic rings. The Morgan fingerprint density at radius 2 is 1.67 bits per heavy atom. The first-order valence-corrected chi connectivity index (χ1v) is 10.2. The Labute approximate surface area is 175 Å². The number of carbonyl (C=O) groups is 1. The molecule has 0 spiro atoms. The number of benzene rings is 2. The van der Waals surface area contributed by atoms with Crippen LogP contribution in [-0.4, -0.2) is 48.4 Å². The van der Waals surface area contributed by atoms with E-state index in [1.807, 2.05) is 74.5 Å². The van der Waals surface area contributed by atoms with E-state index < -0.39 is 30.4 Å². The van der Waals surface area contributed by atoms with Gasteiger partial charge in [0.2, 0.25) is 0 Å². The SMILES string of the molecule is CC1(C)O[C@@H]2O[C@H]([C@@H]3NC(=O)[C@@H]3Oc3ccccc3)[C@@H](OCc3ccccc3)[C@H]2O1. The fourth-order valence-corrected chi connectivity index (χ4v) is 4.17. The Balaban J connectivity index is 1.34. The number of rotatable bonds is 6. The van der Waals surface area contributed by atoms with Gasteiger partial charge in [0.25, 0.3) is 5.91 Å². The molecule has 7 heteroatoms. The van der Waals surface area contributed by atoms with Gasteiger partial charge in [-0.25, -0.2) is 0 Å². The molecule has 0 unspecified atom stereocenters. The summed E-state index contributed by atoms with van der Waals surface area (Å²) < 4.78 is 30.4. The van der Waals surface area contributed by atoms with E-state index in [9.17, 15) is 4.79 Å². The Kier molecular flexibility index (Phi) is 4.99. The number of para-hydroxylation sites is 1. The first-order chi connectivity index (χ1) is 14.5. The van der Waals surface area contributed by atoms with Crippen molar-refractivity contribution in [3.05, 3.63) is 66.2 Å². The quantitative estimate of drug-likeness (QED) is 0.736. The third-order valence-electron chi connectivity index (χ3n) is 5.57. The Bertz CT molecular complexity index is 889. The molecule has 1 amide bonds. The van der Waals surface area contributed by atoms with Crippen molar-refractivity contribution in [2.45, 2.75) is 63.0 Å². The minimum Gasteiger partial charge on any atom is -0.478 e. The topological polar surface area (TPSA) is 75.3 Å². The van der Waals surface area contributed by atoms with Crippen LogP contribution in [0.3, 0.4) is 0 Å². The maximum Gasteiger partial charge on any atom is 0.263 e. The number of carbonyl (C=O) groups excluding carboxylic acids is 1. The highest BCUT2D eigenvalue weighted by Crippen LogP contribution is 2.41. The predicted molar refractivity (Wildman–Crippen MR) is 107 cm³/mol. The van der Waals surface area contributed by atoms with Crippen LogP contribution in [0.25, 0.3) is 0 Å². The molecule has 0 saturated carbocycles. The van der Waals surface area contributed by atoms with Crippen molar-refractivity contribution in [1.82, 2.24) is 5.32 Å². The molecule has 6 atom stereocenters. The van der Waals surface area contributed by atoms with E-state index in [1.165, 1.54) is 0 Å². The molecule has 3 fully saturated rings. The molecule has 1 N–H and O–H groups in total. The molecular formula is C23H25NO6. The van der Waals surface area contributed by atoms with Gasteiger partial charge in [-0.05, 0) is 31.5 Å². The van der Waals surface area contributed by atoms with Gasteiger partial charge in [0.15, 0.2) is 18.2 Å². The summed E-state index contributed by atoms with van der Waals surface area (Å²) in [5.74, 6) is -0.290. The fourth-order valence-electron chi connectivity index (χ4n) is 4.17. The van der Waals surface area contributed by atoms with Crippen LogP contribution in [-0.2, 0) is 30.3 Å². The lowest BCUT2D eigenvalue weighted by atomic mass is 9.92. The molecule has 30 heavy (non-hydrogen) atoms. The van der Waals surface area contributed by atoms with Crippen molar-refractivity contribution in [2.24, 2.45) is 0 Å². The van der Waals surface area contributed by atoms with Crippen molar-refractivity contribution in [3.63, 3.8) is 0 Å². The molecular weight excluding hydrogens is 386 g/mol. The second-order valence-corrected chi connectivity index (χ2v) is 8.22. The fraction of sp³-hybridized carbons (Fsp3) is 0.435. The van der Waals surface area contributed by atoms with E-state index in [4.69, 9.17) is 23.7 Å². The smallest absolute Gasteiger partial charge is 0.263 e. The summed E-state index contributed by atoms with van der Waals surface area (Å²) in [7, 11) is 0. The minimum atomic E-state index is -0.753. The van der Waals surface area contributed by atoms with Crippen LogP contribution >= 0.6 is 0 Å². The number of β-lactam (4-membered cyclic amide) rings is 1. The summed E-state index contributed by atoms with van der Waals surface area (Å²) in [5.41, 5.74) is 1.05. The summed E-state index contributed by atoms with van der Waals surface area (Å²) >= 11 is 0. The zero-order valence-electron chi connectivity index (χ0n) is 16.9. The van der Waals surface area contributed by atoms with Crippen molar-refractivity contribution in [2.75, 3.05) is 0 Å². The highest BCUT2D eigenvalue weighted by atomic mass is 16.8. The molecule has 2 aromatic carbocycles. The highest BCUT2D eigenvalue weighted by molar-refractivity contribution is 5.89. The number of hydrogen-bond donors (Lipinski definition) is 1. The van der Waals surface area contributed by atoms with E-state index >= 15 is 0 Å². The molecule has 0 aromatic heterocycles. The molecule has 0 aliphatic carbocycles. The number of hydrogen-bond acceptors (Lipinski definition) is 6. The van der Waals surface area contributed by atoms with Crippen LogP contribution in [0.1, 0.15) is 19.4 Å². The van der Waals surface area contributed by atoms with E-state index in [2.05, 4.69) is 5.32 Å². The van der Waals surface area contributed by atoms with Gasteiger partial charge >= 0.3 is 0 Å². The maximum absolute atomic E-state index is 12.2. The summed E-state index contributed by atoms with van der Waals surface area (Å²) in [4.78, 5) is 12.2. The molecule has 0 radical (unpaired) electrons. The van der Waals surface area contributed by atoms with Crippen LogP contribution in [0, 0.1) is 0 Å². The normalized spacial score (nSPS) is 34.1. The minimum absolute atomic E-state index is 0.173. The number of amides is 1. The van der Waals surface area contributed by atoms with Crippen LogP contribution < -0.4 is 10.1 Å². The Morgan fingerprint density at radius 1 is 0.967 bits per heavy atom. The average molecular weight is 411 g/mol. The van der Waals surface area contributed by atoms with E-state index in [-0.39, 0.29) is 18.1 Å². The largest absolute Gasteiger partial charge is 0.478 e. The van der Waals surface area contributed by atoms with Gasteiger partial charge in [-0.2, -0.15) is 0 Å². The van der Waals surface area contributed by atoms with Crippen LogP contribution in [0.5, 0.6) is 5.75 Å². The van der Waals surface area contributed by atoms with Crippen molar-refractivity contribution < 1.29 is 28.5 Å². The van der Waals surface area contributed by atoms with Gasteiger partial charge < -0.3 is 29.0 Å². The summed E-state index contributed by atoms with van der Waals surface area (Å²) in [6.07, 6.45) is -2.47. The predicted octanol–water partition coefficient (Wildman–Crippen LogP) is 2.39. The van der Waals surface area contributed by atoms with Crippen molar-refractivity contribution >= 4 is 5.91 Å². The highest BCUT2D eigenvalue weighted by Gasteiger charge is 2.61. The lowest BCUT2D eigenvalue weighted by molar-refractivity contribution is -0.228. The number of nitrogens with one attached hydrogen (secondary N) is 1. The molecule has 3 aliphatic heterocycles. The zero-order chi connectivity index (χ0) is 20.7. The number of ether oxygens (including phenoxy) is 5. The Hall–Kier alpha value is -2.45. The van der Waals surface area contributed by atoms with Gasteiger partial charge in [-0.15, -0.1) is 0 Å². The van der Waals surface area contributed by atoms with Gasteiger partial charge in [0.05, 0.1) is 6.61 Å².